The summed E-state index contributed by atoms with van der Waals surface area (Å²) < 4.78 is 21.5. The maximum absolute atomic E-state index is 12.7. The molecule has 0 radical (unpaired) electrons. The van der Waals surface area contributed by atoms with E-state index in [9.17, 15) is 4.79 Å². The number of aromatic nitrogens is 3. The van der Waals surface area contributed by atoms with Gasteiger partial charge in [-0.25, -0.2) is 0 Å². The Morgan fingerprint density at radius 2 is 1.68 bits per heavy atom. The molecular formula is C25H22N4O5. The summed E-state index contributed by atoms with van der Waals surface area (Å²) in [6.07, 6.45) is 6.37. The van der Waals surface area contributed by atoms with Gasteiger partial charge in [0, 0.05) is 24.0 Å². The summed E-state index contributed by atoms with van der Waals surface area (Å²) in [6.45, 7) is 0. The first-order valence-corrected chi connectivity index (χ1v) is 10.3. The average Bonchev–Trinajstić information content (AvgIpc) is 3.38. The highest BCUT2D eigenvalue weighted by atomic mass is 16.5. The van der Waals surface area contributed by atoms with Crippen LogP contribution in [0.3, 0.4) is 0 Å². The molecule has 0 saturated carbocycles. The minimum atomic E-state index is -0.338. The largest absolute Gasteiger partial charge is 0.493 e. The molecule has 9 heteroatoms. The first kappa shape index (κ1) is 22.5. The minimum Gasteiger partial charge on any atom is -0.493 e. The highest BCUT2D eigenvalue weighted by molar-refractivity contribution is 6.04. The summed E-state index contributed by atoms with van der Waals surface area (Å²) >= 11 is 0. The summed E-state index contributed by atoms with van der Waals surface area (Å²) in [5.41, 5.74) is 2.62. The van der Waals surface area contributed by atoms with E-state index in [0.717, 1.165) is 5.56 Å². The maximum atomic E-state index is 12.7. The van der Waals surface area contributed by atoms with Crippen LogP contribution in [0.4, 0.5) is 5.69 Å². The Labute approximate surface area is 196 Å². The van der Waals surface area contributed by atoms with Crippen LogP contribution in [0.25, 0.3) is 28.9 Å². The van der Waals surface area contributed by atoms with Crippen LogP contribution in [0, 0.1) is 0 Å². The summed E-state index contributed by atoms with van der Waals surface area (Å²) in [6, 6.07) is 14.3. The van der Waals surface area contributed by atoms with E-state index in [2.05, 4.69) is 20.4 Å². The van der Waals surface area contributed by atoms with Gasteiger partial charge in [-0.2, -0.15) is 4.98 Å². The normalized spacial score (nSPS) is 10.8. The molecule has 2 aromatic carbocycles. The van der Waals surface area contributed by atoms with Gasteiger partial charge in [0.25, 0.3) is 5.89 Å². The predicted octanol–water partition coefficient (Wildman–Crippen LogP) is 4.48. The fourth-order valence-corrected chi connectivity index (χ4v) is 3.27. The molecular weight excluding hydrogens is 436 g/mol. The molecule has 0 aliphatic carbocycles. The molecule has 2 aromatic heterocycles. The van der Waals surface area contributed by atoms with Gasteiger partial charge in [0.15, 0.2) is 11.5 Å². The van der Waals surface area contributed by atoms with Crippen molar-refractivity contribution >= 4 is 17.7 Å². The van der Waals surface area contributed by atoms with E-state index in [1.807, 2.05) is 12.1 Å². The summed E-state index contributed by atoms with van der Waals surface area (Å²) in [7, 11) is 4.60. The van der Waals surface area contributed by atoms with Crippen molar-refractivity contribution in [3.63, 3.8) is 0 Å². The molecule has 0 fully saturated rings. The molecule has 34 heavy (non-hydrogen) atoms. The van der Waals surface area contributed by atoms with E-state index in [1.165, 1.54) is 27.4 Å². The van der Waals surface area contributed by atoms with Crippen LogP contribution in [0.5, 0.6) is 17.2 Å². The number of anilines is 1. The van der Waals surface area contributed by atoms with E-state index in [1.54, 1.807) is 54.9 Å². The van der Waals surface area contributed by atoms with E-state index in [-0.39, 0.29) is 11.8 Å². The number of amides is 1. The zero-order valence-electron chi connectivity index (χ0n) is 18.8. The molecule has 2 heterocycles. The molecule has 4 rings (SSSR count). The standard InChI is InChI=1S/C25H22N4O5/c1-31-20-14-16(15-21(32-2)23(20)33-3)8-9-22(30)27-19-7-5-4-6-18(19)25-28-24(29-34-25)17-10-12-26-13-11-17/h4-15H,1-3H3,(H,27,30)/b9-8+. The Hall–Kier alpha value is -4.66. The number of carbonyl (C=O) groups is 1. The van der Waals surface area contributed by atoms with Crippen molar-refractivity contribution in [2.75, 3.05) is 26.6 Å². The molecule has 4 aromatic rings. The molecule has 0 atom stereocenters. The van der Waals surface area contributed by atoms with Gasteiger partial charge < -0.3 is 24.1 Å². The monoisotopic (exact) mass is 458 g/mol. The van der Waals surface area contributed by atoms with Gasteiger partial charge in [-0.1, -0.05) is 17.3 Å². The van der Waals surface area contributed by atoms with Crippen molar-refractivity contribution in [3.8, 4) is 40.1 Å². The number of benzene rings is 2. The Morgan fingerprint density at radius 3 is 2.35 bits per heavy atom. The number of hydrogen-bond acceptors (Lipinski definition) is 8. The summed E-state index contributed by atoms with van der Waals surface area (Å²) in [5, 5.41) is 6.89. The van der Waals surface area contributed by atoms with Crippen molar-refractivity contribution < 1.29 is 23.5 Å². The first-order valence-electron chi connectivity index (χ1n) is 10.3. The van der Waals surface area contributed by atoms with Gasteiger partial charge in [0.1, 0.15) is 0 Å². The lowest BCUT2D eigenvalue weighted by Crippen LogP contribution is -2.08. The maximum Gasteiger partial charge on any atom is 0.260 e. The van der Waals surface area contributed by atoms with Crippen LogP contribution in [-0.4, -0.2) is 42.4 Å². The van der Waals surface area contributed by atoms with Crippen LogP contribution in [-0.2, 0) is 4.79 Å². The van der Waals surface area contributed by atoms with Crippen molar-refractivity contribution in [1.82, 2.24) is 15.1 Å². The fraction of sp³-hybridized carbons (Fsp3) is 0.120. The van der Waals surface area contributed by atoms with Crippen molar-refractivity contribution in [3.05, 3.63) is 72.6 Å². The number of para-hydroxylation sites is 1. The lowest BCUT2D eigenvalue weighted by molar-refractivity contribution is -0.111. The third-order valence-corrected chi connectivity index (χ3v) is 4.89. The molecule has 9 nitrogen and oxygen atoms in total. The first-order chi connectivity index (χ1) is 16.6. The second-order valence-electron chi connectivity index (χ2n) is 6.99. The summed E-state index contributed by atoms with van der Waals surface area (Å²) in [5.74, 6) is 1.85. The van der Waals surface area contributed by atoms with Crippen LogP contribution in [0.15, 0.2) is 71.5 Å². The van der Waals surface area contributed by atoms with Crippen LogP contribution < -0.4 is 19.5 Å². The van der Waals surface area contributed by atoms with E-state index >= 15 is 0 Å². The Balaban J connectivity index is 1.54. The summed E-state index contributed by atoms with van der Waals surface area (Å²) in [4.78, 5) is 21.1. The molecule has 0 aliphatic heterocycles. The molecule has 0 aliphatic rings. The third kappa shape index (κ3) is 4.88. The minimum absolute atomic E-state index is 0.288. The van der Waals surface area contributed by atoms with Gasteiger partial charge in [-0.3, -0.25) is 9.78 Å². The Kier molecular flexibility index (Phi) is 6.83. The Bertz CT molecular complexity index is 1290. The zero-order valence-corrected chi connectivity index (χ0v) is 18.8. The van der Waals surface area contributed by atoms with Crippen LogP contribution in [0.2, 0.25) is 0 Å². The van der Waals surface area contributed by atoms with Gasteiger partial charge in [0.2, 0.25) is 17.5 Å². The average molecular weight is 458 g/mol. The number of nitrogens with one attached hydrogen (secondary N) is 1. The van der Waals surface area contributed by atoms with E-state index in [4.69, 9.17) is 18.7 Å². The number of hydrogen-bond donors (Lipinski definition) is 1. The lowest BCUT2D eigenvalue weighted by atomic mass is 10.1. The second-order valence-corrected chi connectivity index (χ2v) is 6.99. The molecule has 1 N–H and O–H groups in total. The molecule has 0 bridgehead atoms. The molecule has 172 valence electrons. The number of rotatable bonds is 8. The van der Waals surface area contributed by atoms with E-state index in [0.29, 0.717) is 39.9 Å². The second kappa shape index (κ2) is 10.3. The van der Waals surface area contributed by atoms with Gasteiger partial charge in [-0.15, -0.1) is 0 Å². The highest BCUT2D eigenvalue weighted by Crippen LogP contribution is 2.38. The van der Waals surface area contributed by atoms with Crippen molar-refractivity contribution in [1.29, 1.82) is 0 Å². The van der Waals surface area contributed by atoms with Gasteiger partial charge >= 0.3 is 0 Å². The van der Waals surface area contributed by atoms with Crippen LogP contribution >= 0.6 is 0 Å². The third-order valence-electron chi connectivity index (χ3n) is 4.89. The number of pyridine rings is 1. The lowest BCUT2D eigenvalue weighted by Gasteiger charge is -2.12. The number of nitrogens with zero attached hydrogens (tertiary/aromatic N) is 3. The SMILES string of the molecule is COc1cc(/C=C/C(=O)Nc2ccccc2-c2nc(-c3ccncc3)no2)cc(OC)c1OC. The molecule has 1 amide bonds. The van der Waals surface area contributed by atoms with Gasteiger partial charge in [-0.05, 0) is 48.0 Å². The zero-order chi connectivity index (χ0) is 23.9. The molecule has 0 unspecified atom stereocenters. The smallest absolute Gasteiger partial charge is 0.260 e. The fourth-order valence-electron chi connectivity index (χ4n) is 3.27. The highest BCUT2D eigenvalue weighted by Gasteiger charge is 2.15. The van der Waals surface area contributed by atoms with Crippen LogP contribution in [0.1, 0.15) is 5.56 Å². The number of ether oxygens (including phenoxy) is 3. The number of carbonyl (C=O) groups excluding carboxylic acids is 1. The number of methoxy groups -OCH3 is 3. The van der Waals surface area contributed by atoms with E-state index < -0.39 is 0 Å². The quantitative estimate of drug-likeness (QED) is 0.385. The Morgan fingerprint density at radius 1 is 0.971 bits per heavy atom. The van der Waals surface area contributed by atoms with Crippen molar-refractivity contribution in [2.45, 2.75) is 0 Å². The molecule has 0 spiro atoms. The van der Waals surface area contributed by atoms with Crippen molar-refractivity contribution in [2.24, 2.45) is 0 Å². The van der Waals surface area contributed by atoms with Gasteiger partial charge in [0.05, 0.1) is 32.6 Å². The predicted molar refractivity (Wildman–Crippen MR) is 127 cm³/mol. The molecule has 0 saturated heterocycles. The topological polar surface area (TPSA) is 109 Å².